The molecule has 0 aromatic rings. The van der Waals surface area contributed by atoms with Gasteiger partial charge in [-0.3, -0.25) is 0 Å². The first kappa shape index (κ1) is 14.8. The lowest BCUT2D eigenvalue weighted by Gasteiger charge is -2.23. The first-order valence-electron chi connectivity index (χ1n) is 6.29. The van der Waals surface area contributed by atoms with E-state index >= 15 is 0 Å². The van der Waals surface area contributed by atoms with Gasteiger partial charge in [0.05, 0.1) is 6.61 Å². The van der Waals surface area contributed by atoms with Gasteiger partial charge in [-0.2, -0.15) is 0 Å². The van der Waals surface area contributed by atoms with Crippen molar-refractivity contribution in [3.05, 3.63) is 0 Å². The van der Waals surface area contributed by atoms with Crippen LogP contribution in [0.25, 0.3) is 0 Å². The first-order chi connectivity index (χ1) is 8.41. The van der Waals surface area contributed by atoms with Gasteiger partial charge < -0.3 is 20.5 Å². The molecule has 3 atom stereocenters. The smallest absolute Gasteiger partial charge is 0.326 e. The number of hydrogen-bond acceptors (Lipinski definition) is 3. The number of urea groups is 1. The van der Waals surface area contributed by atoms with Gasteiger partial charge in [0, 0.05) is 18.6 Å². The maximum atomic E-state index is 11.7. The fourth-order valence-corrected chi connectivity index (χ4v) is 1.97. The second-order valence-electron chi connectivity index (χ2n) is 5.09. The highest BCUT2D eigenvalue weighted by molar-refractivity contribution is 5.82. The number of hydrogen-bond donors (Lipinski definition) is 3. The van der Waals surface area contributed by atoms with Gasteiger partial charge in [-0.25, -0.2) is 9.59 Å². The molecule has 1 heterocycles. The topological polar surface area (TPSA) is 87.7 Å². The zero-order valence-electron chi connectivity index (χ0n) is 11.1. The Morgan fingerprint density at radius 1 is 1.28 bits per heavy atom. The molecule has 104 valence electrons. The van der Waals surface area contributed by atoms with E-state index < -0.39 is 18.0 Å². The largest absolute Gasteiger partial charge is 0.480 e. The molecule has 0 aromatic carbocycles. The summed E-state index contributed by atoms with van der Waals surface area (Å²) in [4.78, 5) is 22.7. The van der Waals surface area contributed by atoms with Crippen molar-refractivity contribution in [2.75, 3.05) is 13.2 Å². The summed E-state index contributed by atoms with van der Waals surface area (Å²) in [5.41, 5.74) is 0. The van der Waals surface area contributed by atoms with Crippen molar-refractivity contribution in [2.24, 2.45) is 11.8 Å². The number of carbonyl (C=O) groups is 2. The van der Waals surface area contributed by atoms with Gasteiger partial charge in [0.1, 0.15) is 6.04 Å². The van der Waals surface area contributed by atoms with E-state index in [-0.39, 0.29) is 12.0 Å². The second kappa shape index (κ2) is 6.58. The lowest BCUT2D eigenvalue weighted by Crippen LogP contribution is -2.51. The highest BCUT2D eigenvalue weighted by Gasteiger charge is 2.27. The molecule has 6 heteroatoms. The van der Waals surface area contributed by atoms with Gasteiger partial charge in [0.2, 0.25) is 0 Å². The lowest BCUT2D eigenvalue weighted by molar-refractivity contribution is -0.140. The molecule has 0 bridgehead atoms. The second-order valence-corrected chi connectivity index (χ2v) is 5.09. The summed E-state index contributed by atoms with van der Waals surface area (Å²) in [6, 6.07) is -1.32. The Morgan fingerprint density at radius 2 is 1.94 bits per heavy atom. The van der Waals surface area contributed by atoms with E-state index in [9.17, 15) is 9.59 Å². The van der Waals surface area contributed by atoms with E-state index in [1.54, 1.807) is 13.8 Å². The molecule has 6 nitrogen and oxygen atoms in total. The summed E-state index contributed by atoms with van der Waals surface area (Å²) in [5, 5.41) is 14.2. The Morgan fingerprint density at radius 3 is 2.39 bits per heavy atom. The zero-order valence-corrected chi connectivity index (χ0v) is 11.1. The molecule has 1 saturated heterocycles. The van der Waals surface area contributed by atoms with Gasteiger partial charge in [-0.15, -0.1) is 0 Å². The molecule has 18 heavy (non-hydrogen) atoms. The van der Waals surface area contributed by atoms with E-state index in [0.29, 0.717) is 12.5 Å². The van der Waals surface area contributed by atoms with Gasteiger partial charge >= 0.3 is 12.0 Å². The zero-order chi connectivity index (χ0) is 13.7. The Labute approximate surface area is 107 Å². The quantitative estimate of drug-likeness (QED) is 0.681. The molecule has 2 unspecified atom stereocenters. The van der Waals surface area contributed by atoms with Gasteiger partial charge in [0.25, 0.3) is 0 Å². The molecule has 3 N–H and O–H groups in total. The number of amides is 2. The molecule has 1 rings (SSSR count). The molecule has 1 fully saturated rings. The summed E-state index contributed by atoms with van der Waals surface area (Å²) >= 11 is 0. The van der Waals surface area contributed by atoms with E-state index in [0.717, 1.165) is 13.0 Å². The molecule has 0 saturated carbocycles. The number of carboxylic acids is 1. The van der Waals surface area contributed by atoms with Gasteiger partial charge in [0.15, 0.2) is 0 Å². The fraction of sp³-hybridized carbons (Fsp3) is 0.833. The van der Waals surface area contributed by atoms with Crippen molar-refractivity contribution >= 4 is 12.0 Å². The normalized spacial score (nSPS) is 22.6. The third kappa shape index (κ3) is 4.18. The average Bonchev–Trinajstić information content (AvgIpc) is 2.78. The van der Waals surface area contributed by atoms with Crippen molar-refractivity contribution < 1.29 is 19.4 Å². The molecular weight excluding hydrogens is 236 g/mol. The first-order valence-corrected chi connectivity index (χ1v) is 6.29. The molecule has 0 radical (unpaired) electrons. The molecule has 0 aromatic heterocycles. The lowest BCUT2D eigenvalue weighted by atomic mass is 10.0. The van der Waals surface area contributed by atoms with Gasteiger partial charge in [-0.05, 0) is 19.3 Å². The molecule has 0 spiro atoms. The van der Waals surface area contributed by atoms with E-state index in [2.05, 4.69) is 10.6 Å². The minimum absolute atomic E-state index is 0.0193. The molecule has 1 aliphatic rings. The predicted molar refractivity (Wildman–Crippen MR) is 66.3 cm³/mol. The summed E-state index contributed by atoms with van der Waals surface area (Å²) in [6.45, 7) is 6.79. The summed E-state index contributed by atoms with van der Waals surface area (Å²) in [5.74, 6) is -0.867. The number of carboxylic acid groups (broad SMARTS) is 1. The molecule has 1 aliphatic heterocycles. The Bertz CT molecular complexity index is 300. The van der Waals surface area contributed by atoms with Crippen LogP contribution in [-0.2, 0) is 9.53 Å². The fourth-order valence-electron chi connectivity index (χ4n) is 1.97. The minimum Gasteiger partial charge on any atom is -0.480 e. The van der Waals surface area contributed by atoms with Crippen LogP contribution in [0.15, 0.2) is 0 Å². The van der Waals surface area contributed by atoms with Crippen LogP contribution in [0.5, 0.6) is 0 Å². The molecule has 2 amide bonds. The third-order valence-electron chi connectivity index (χ3n) is 3.25. The van der Waals surface area contributed by atoms with Crippen LogP contribution in [0.2, 0.25) is 0 Å². The number of aliphatic carboxylic acids is 1. The maximum Gasteiger partial charge on any atom is 0.326 e. The SMILES string of the molecule is CC(NC(=O)N[C@H](C(=O)O)C(C)C)C1CCOC1. The third-order valence-corrected chi connectivity index (χ3v) is 3.25. The Balaban J connectivity index is 2.42. The molecular formula is C12H22N2O4. The van der Waals surface area contributed by atoms with Crippen LogP contribution in [0.4, 0.5) is 4.79 Å². The molecule has 0 aliphatic carbocycles. The highest BCUT2D eigenvalue weighted by atomic mass is 16.5. The summed E-state index contributed by atoms with van der Waals surface area (Å²) in [7, 11) is 0. The number of nitrogens with one attached hydrogen (secondary N) is 2. The summed E-state index contributed by atoms with van der Waals surface area (Å²) < 4.78 is 5.25. The maximum absolute atomic E-state index is 11.7. The van der Waals surface area contributed by atoms with E-state index in [1.165, 1.54) is 0 Å². The van der Waals surface area contributed by atoms with Crippen molar-refractivity contribution in [1.82, 2.24) is 10.6 Å². The summed E-state index contributed by atoms with van der Waals surface area (Å²) in [6.07, 6.45) is 0.925. The van der Waals surface area contributed by atoms with Crippen LogP contribution < -0.4 is 10.6 Å². The standard InChI is InChI=1S/C12H22N2O4/c1-7(2)10(11(15)16)14-12(17)13-8(3)9-4-5-18-6-9/h7-10H,4-6H2,1-3H3,(H,15,16)(H2,13,14,17)/t8?,9?,10-/m0/s1. The van der Waals surface area contributed by atoms with Crippen molar-refractivity contribution in [2.45, 2.75) is 39.3 Å². The van der Waals surface area contributed by atoms with E-state index in [4.69, 9.17) is 9.84 Å². The van der Waals surface area contributed by atoms with E-state index in [1.807, 2.05) is 6.92 Å². The van der Waals surface area contributed by atoms with Crippen LogP contribution >= 0.6 is 0 Å². The number of ether oxygens (including phenoxy) is 1. The van der Waals surface area contributed by atoms with Crippen LogP contribution in [0, 0.1) is 11.8 Å². The Kier molecular flexibility index (Phi) is 5.40. The Hall–Kier alpha value is -1.30. The van der Waals surface area contributed by atoms with Crippen molar-refractivity contribution in [3.63, 3.8) is 0 Å². The monoisotopic (exact) mass is 258 g/mol. The average molecular weight is 258 g/mol. The van der Waals surface area contributed by atoms with Crippen molar-refractivity contribution in [1.29, 1.82) is 0 Å². The van der Waals surface area contributed by atoms with Gasteiger partial charge in [-0.1, -0.05) is 13.8 Å². The minimum atomic E-state index is -1.02. The van der Waals surface area contributed by atoms with Crippen LogP contribution in [0.3, 0.4) is 0 Å². The highest BCUT2D eigenvalue weighted by Crippen LogP contribution is 2.16. The van der Waals surface area contributed by atoms with Crippen LogP contribution in [-0.4, -0.2) is 42.4 Å². The number of carbonyl (C=O) groups excluding carboxylic acids is 1. The number of rotatable bonds is 5. The predicted octanol–water partition coefficient (Wildman–Crippen LogP) is 0.820. The van der Waals surface area contributed by atoms with Crippen LogP contribution in [0.1, 0.15) is 27.2 Å². The van der Waals surface area contributed by atoms with Crippen molar-refractivity contribution in [3.8, 4) is 0 Å².